The largest absolute Gasteiger partial charge is 0.452 e. The summed E-state index contributed by atoms with van der Waals surface area (Å²) in [5.41, 5.74) is 0.606. The van der Waals surface area contributed by atoms with Gasteiger partial charge >= 0.3 is 12.0 Å². The van der Waals surface area contributed by atoms with Crippen LogP contribution in [0.2, 0.25) is 0 Å². The van der Waals surface area contributed by atoms with Gasteiger partial charge in [-0.1, -0.05) is 6.08 Å². The molecule has 0 saturated carbocycles. The number of piperidine rings is 1. The van der Waals surface area contributed by atoms with Crippen LogP contribution in [0.5, 0.6) is 0 Å². The quantitative estimate of drug-likeness (QED) is 0.402. The second kappa shape index (κ2) is 12.0. The summed E-state index contributed by atoms with van der Waals surface area (Å²) in [6.07, 6.45) is 4.42. The van der Waals surface area contributed by atoms with Gasteiger partial charge in [0.1, 0.15) is 0 Å². The van der Waals surface area contributed by atoms with Crippen molar-refractivity contribution < 1.29 is 32.3 Å². The fourth-order valence-electron chi connectivity index (χ4n) is 3.77. The molecule has 34 heavy (non-hydrogen) atoms. The third-order valence-electron chi connectivity index (χ3n) is 5.49. The second-order valence-electron chi connectivity index (χ2n) is 7.87. The van der Waals surface area contributed by atoms with E-state index in [4.69, 9.17) is 9.47 Å². The van der Waals surface area contributed by atoms with Crippen molar-refractivity contribution in [1.82, 2.24) is 14.9 Å². The maximum Gasteiger partial charge on any atom is 0.340 e. The van der Waals surface area contributed by atoms with E-state index in [1.807, 2.05) is 10.2 Å². The fraction of sp³-hybridized carbons (Fsp3) is 0.500. The third kappa shape index (κ3) is 6.55. The average Bonchev–Trinajstić information content (AvgIpc) is 2.86. The van der Waals surface area contributed by atoms with Crippen LogP contribution in [0.15, 0.2) is 35.7 Å². The number of imide groups is 1. The molecular weight excluding hydrogens is 464 g/mol. The number of carbonyl (C=O) groups excluding carboxylic acids is 3. The van der Waals surface area contributed by atoms with Gasteiger partial charge in [0.25, 0.3) is 5.91 Å². The van der Waals surface area contributed by atoms with E-state index >= 15 is 0 Å². The van der Waals surface area contributed by atoms with Crippen molar-refractivity contribution in [1.29, 1.82) is 0 Å². The molecule has 2 fully saturated rings. The van der Waals surface area contributed by atoms with E-state index in [0.717, 1.165) is 32.4 Å². The number of morpholine rings is 1. The molecule has 3 rings (SSSR count). The maximum absolute atomic E-state index is 13.1. The summed E-state index contributed by atoms with van der Waals surface area (Å²) in [7, 11) is -3.83. The number of hydrogen-bond acceptors (Lipinski definition) is 8. The number of carbonyl (C=O) groups is 3. The predicted octanol–water partition coefficient (Wildman–Crippen LogP) is 0.866. The van der Waals surface area contributed by atoms with Crippen LogP contribution in [-0.2, 0) is 24.3 Å². The zero-order valence-electron chi connectivity index (χ0n) is 19.0. The molecule has 3 amide bonds. The van der Waals surface area contributed by atoms with E-state index in [1.165, 1.54) is 22.5 Å². The fourth-order valence-corrected chi connectivity index (χ4v) is 5.20. The molecule has 0 aliphatic carbocycles. The highest BCUT2D eigenvalue weighted by Crippen LogP contribution is 2.29. The summed E-state index contributed by atoms with van der Waals surface area (Å²) >= 11 is 0. The van der Waals surface area contributed by atoms with Crippen LogP contribution in [0, 0.1) is 0 Å². The number of nitrogens with zero attached hydrogens (tertiary/aromatic N) is 2. The molecular formula is C22H30N4O7S. The van der Waals surface area contributed by atoms with Crippen LogP contribution < -0.4 is 15.5 Å². The van der Waals surface area contributed by atoms with Crippen molar-refractivity contribution in [2.24, 2.45) is 0 Å². The van der Waals surface area contributed by atoms with Gasteiger partial charge in [0.05, 0.1) is 29.4 Å². The molecule has 0 unspecified atom stereocenters. The van der Waals surface area contributed by atoms with Crippen LogP contribution in [0.4, 0.5) is 10.5 Å². The number of rotatable bonds is 8. The molecule has 0 spiro atoms. The SMILES string of the molecule is C=CCNC(=O)NC(=O)COC(=O)c1cc(S(=O)(=O)N2CCOCC2)ccc1N1CCCCC1. The smallest absolute Gasteiger partial charge is 0.340 e. The van der Waals surface area contributed by atoms with Crippen molar-refractivity contribution in [3.63, 3.8) is 0 Å². The lowest BCUT2D eigenvalue weighted by molar-refractivity contribution is -0.123. The van der Waals surface area contributed by atoms with Crippen LogP contribution >= 0.6 is 0 Å². The predicted molar refractivity (Wildman–Crippen MR) is 124 cm³/mol. The topological polar surface area (TPSA) is 134 Å². The normalized spacial score (nSPS) is 17.0. The van der Waals surface area contributed by atoms with Gasteiger partial charge in [0.15, 0.2) is 6.61 Å². The Morgan fingerprint density at radius 3 is 2.47 bits per heavy atom. The minimum atomic E-state index is -3.83. The monoisotopic (exact) mass is 494 g/mol. The van der Waals surface area contributed by atoms with E-state index in [1.54, 1.807) is 6.07 Å². The van der Waals surface area contributed by atoms with Gasteiger partial charge < -0.3 is 19.7 Å². The van der Waals surface area contributed by atoms with Crippen molar-refractivity contribution in [3.8, 4) is 0 Å². The van der Waals surface area contributed by atoms with Crippen molar-refractivity contribution in [2.75, 3.05) is 57.4 Å². The molecule has 2 aliphatic heterocycles. The van der Waals surface area contributed by atoms with Crippen molar-refractivity contribution in [3.05, 3.63) is 36.4 Å². The molecule has 2 saturated heterocycles. The number of anilines is 1. The van der Waals surface area contributed by atoms with E-state index in [2.05, 4.69) is 11.9 Å². The van der Waals surface area contributed by atoms with Crippen LogP contribution in [0.1, 0.15) is 29.6 Å². The van der Waals surface area contributed by atoms with Gasteiger partial charge in [-0.25, -0.2) is 18.0 Å². The Morgan fingerprint density at radius 2 is 1.79 bits per heavy atom. The standard InChI is InChI=1S/C22H30N4O7S/c1-2-8-23-22(29)24-20(27)16-33-21(28)18-15-17(34(30,31)26-11-13-32-14-12-26)6-7-19(18)25-9-4-3-5-10-25/h2,6-7,15H,1,3-5,8-14,16H2,(H2,23,24,27,29). The summed E-state index contributed by atoms with van der Waals surface area (Å²) < 4.78 is 37.9. The highest BCUT2D eigenvalue weighted by atomic mass is 32.2. The Bertz CT molecular complexity index is 1020. The first-order chi connectivity index (χ1) is 16.3. The summed E-state index contributed by atoms with van der Waals surface area (Å²) in [5, 5.41) is 4.41. The lowest BCUT2D eigenvalue weighted by Gasteiger charge is -2.31. The molecule has 186 valence electrons. The van der Waals surface area contributed by atoms with Gasteiger partial charge in [0.2, 0.25) is 10.0 Å². The first-order valence-electron chi connectivity index (χ1n) is 11.2. The molecule has 1 aromatic carbocycles. The average molecular weight is 495 g/mol. The molecule has 0 radical (unpaired) electrons. The first-order valence-corrected chi connectivity index (χ1v) is 12.6. The Kier molecular flexibility index (Phi) is 9.02. The zero-order valence-corrected chi connectivity index (χ0v) is 19.8. The molecule has 2 heterocycles. The minimum absolute atomic E-state index is 0.0321. The molecule has 2 aliphatic rings. The molecule has 12 heteroatoms. The summed E-state index contributed by atoms with van der Waals surface area (Å²) in [4.78, 5) is 38.5. The van der Waals surface area contributed by atoms with Crippen molar-refractivity contribution in [2.45, 2.75) is 24.2 Å². The van der Waals surface area contributed by atoms with Crippen LogP contribution in [0.3, 0.4) is 0 Å². The molecule has 0 aromatic heterocycles. The number of sulfonamides is 1. The second-order valence-corrected chi connectivity index (χ2v) is 9.80. The van der Waals surface area contributed by atoms with E-state index in [-0.39, 0.29) is 30.1 Å². The third-order valence-corrected chi connectivity index (χ3v) is 7.38. The van der Waals surface area contributed by atoms with Crippen LogP contribution in [-0.4, -0.2) is 83.2 Å². The van der Waals surface area contributed by atoms with Gasteiger partial charge in [0, 0.05) is 32.7 Å². The Hall–Kier alpha value is -2.96. The summed E-state index contributed by atoms with van der Waals surface area (Å²) in [6.45, 7) is 5.43. The number of esters is 1. The highest BCUT2D eigenvalue weighted by Gasteiger charge is 2.29. The number of ether oxygens (including phenoxy) is 2. The summed E-state index contributed by atoms with van der Waals surface area (Å²) in [5.74, 6) is -1.66. The highest BCUT2D eigenvalue weighted by molar-refractivity contribution is 7.89. The van der Waals surface area contributed by atoms with Gasteiger partial charge in [-0.2, -0.15) is 4.31 Å². The molecule has 2 N–H and O–H groups in total. The Balaban J connectivity index is 1.79. The number of urea groups is 1. The number of amides is 3. The lowest BCUT2D eigenvalue weighted by atomic mass is 10.1. The van der Waals surface area contributed by atoms with E-state index < -0.39 is 34.5 Å². The van der Waals surface area contributed by atoms with Gasteiger partial charge in [-0.05, 0) is 37.5 Å². The van der Waals surface area contributed by atoms with Crippen molar-refractivity contribution >= 4 is 33.6 Å². The minimum Gasteiger partial charge on any atom is -0.452 e. The molecule has 0 atom stereocenters. The molecule has 0 bridgehead atoms. The number of hydrogen-bond donors (Lipinski definition) is 2. The molecule has 11 nitrogen and oxygen atoms in total. The van der Waals surface area contributed by atoms with E-state index in [0.29, 0.717) is 18.9 Å². The Morgan fingerprint density at radius 1 is 1.09 bits per heavy atom. The maximum atomic E-state index is 13.1. The lowest BCUT2D eigenvalue weighted by Crippen LogP contribution is -2.41. The van der Waals surface area contributed by atoms with E-state index in [9.17, 15) is 22.8 Å². The van der Waals surface area contributed by atoms with Crippen LogP contribution in [0.25, 0.3) is 0 Å². The van der Waals surface area contributed by atoms with Gasteiger partial charge in [-0.3, -0.25) is 10.1 Å². The number of nitrogens with one attached hydrogen (secondary N) is 2. The molecule has 1 aromatic rings. The first kappa shape index (κ1) is 25.7. The summed E-state index contributed by atoms with van der Waals surface area (Å²) in [6, 6.07) is 3.65. The Labute approximate surface area is 199 Å². The zero-order chi connectivity index (χ0) is 24.6. The number of benzene rings is 1. The van der Waals surface area contributed by atoms with Gasteiger partial charge in [-0.15, -0.1) is 6.58 Å².